The highest BCUT2D eigenvalue weighted by Crippen LogP contribution is 2.26. The van der Waals surface area contributed by atoms with Gasteiger partial charge >= 0.3 is 10.2 Å². The van der Waals surface area contributed by atoms with E-state index in [1.165, 1.54) is 26.4 Å². The van der Waals surface area contributed by atoms with Crippen LogP contribution in [0.25, 0.3) is 17.0 Å². The van der Waals surface area contributed by atoms with Crippen LogP contribution in [0, 0.1) is 0 Å². The lowest BCUT2D eigenvalue weighted by atomic mass is 10.1. The maximum atomic E-state index is 13.3. The maximum Gasteiger partial charge on any atom is 0.307 e. The monoisotopic (exact) mass is 502 g/mol. The molecule has 0 atom stereocenters. The Morgan fingerprint density at radius 1 is 1.03 bits per heavy atom. The van der Waals surface area contributed by atoms with Crippen LogP contribution in [0.15, 0.2) is 60.4 Å². The van der Waals surface area contributed by atoms with Gasteiger partial charge in [-0.1, -0.05) is 41.9 Å². The lowest BCUT2D eigenvalue weighted by Crippen LogP contribution is -2.38. The van der Waals surface area contributed by atoms with E-state index in [9.17, 15) is 18.0 Å². The average Bonchev–Trinajstić information content (AvgIpc) is 3.18. The molecule has 0 spiro atoms. The molecule has 0 aliphatic rings. The summed E-state index contributed by atoms with van der Waals surface area (Å²) in [4.78, 5) is 27.8. The number of nitrogens with zero attached hydrogens (tertiary/aromatic N) is 3. The molecule has 8 nitrogen and oxygen atoms in total. The molecule has 34 heavy (non-hydrogen) atoms. The number of para-hydroxylation sites is 1. The van der Waals surface area contributed by atoms with Crippen molar-refractivity contribution in [2.45, 2.75) is 13.8 Å². The second-order valence-corrected chi connectivity index (χ2v) is 10.1. The van der Waals surface area contributed by atoms with Gasteiger partial charge in [0.05, 0.1) is 16.1 Å². The largest absolute Gasteiger partial charge is 0.338 e. The quantitative estimate of drug-likeness (QED) is 0.476. The first kappa shape index (κ1) is 25.5. The molecule has 1 aromatic heterocycles. The van der Waals surface area contributed by atoms with Gasteiger partial charge in [0.1, 0.15) is 5.70 Å². The summed E-state index contributed by atoms with van der Waals surface area (Å²) in [7, 11) is -0.929. The summed E-state index contributed by atoms with van der Waals surface area (Å²) in [5, 5.41) is 3.55. The molecule has 2 amide bonds. The van der Waals surface area contributed by atoms with Crippen LogP contribution in [0.4, 0.5) is 0 Å². The molecular weight excluding hydrogens is 476 g/mol. The predicted octanol–water partition coefficient (Wildman–Crippen LogP) is 3.59. The number of carbonyl (C=O) groups is 2. The summed E-state index contributed by atoms with van der Waals surface area (Å²) in [5.41, 5.74) is 1.16. The second kappa shape index (κ2) is 10.4. The molecular formula is C24H27ClN4O4S. The molecule has 1 N–H and O–H groups in total. The van der Waals surface area contributed by atoms with Crippen molar-refractivity contribution in [2.75, 3.05) is 27.2 Å². The topological polar surface area (TPSA) is 91.7 Å². The van der Waals surface area contributed by atoms with Crippen molar-refractivity contribution < 1.29 is 18.0 Å². The molecule has 0 fully saturated rings. The fourth-order valence-electron chi connectivity index (χ4n) is 3.48. The first-order chi connectivity index (χ1) is 16.1. The van der Waals surface area contributed by atoms with Crippen LogP contribution >= 0.6 is 11.6 Å². The summed E-state index contributed by atoms with van der Waals surface area (Å²) in [6, 6.07) is 13.5. The van der Waals surface area contributed by atoms with Crippen molar-refractivity contribution in [3.05, 3.63) is 76.6 Å². The molecule has 0 saturated heterocycles. The van der Waals surface area contributed by atoms with Crippen LogP contribution in [-0.2, 0) is 15.0 Å². The first-order valence-corrected chi connectivity index (χ1v) is 12.5. The number of likely N-dealkylation sites (N-methyl/N-ethyl adjacent to an activating group) is 1. The molecule has 0 aliphatic heterocycles. The Balaban J connectivity index is 2.18. The number of hydrogen-bond donors (Lipinski definition) is 1. The zero-order valence-electron chi connectivity index (χ0n) is 19.4. The van der Waals surface area contributed by atoms with E-state index in [4.69, 9.17) is 11.6 Å². The molecule has 3 aromatic rings. The third kappa shape index (κ3) is 5.01. The summed E-state index contributed by atoms with van der Waals surface area (Å²) < 4.78 is 28.0. The third-order valence-corrected chi connectivity index (χ3v) is 7.42. The van der Waals surface area contributed by atoms with Gasteiger partial charge in [-0.25, -0.2) is 3.97 Å². The van der Waals surface area contributed by atoms with E-state index in [1.807, 2.05) is 13.8 Å². The molecule has 2 aromatic carbocycles. The molecule has 0 radical (unpaired) electrons. The van der Waals surface area contributed by atoms with E-state index < -0.39 is 22.0 Å². The number of aromatic nitrogens is 1. The molecule has 0 unspecified atom stereocenters. The Bertz CT molecular complexity index is 1360. The van der Waals surface area contributed by atoms with Gasteiger partial charge in [-0.3, -0.25) is 9.59 Å². The molecule has 10 heteroatoms. The summed E-state index contributed by atoms with van der Waals surface area (Å²) in [5.74, 6) is -0.931. The van der Waals surface area contributed by atoms with E-state index >= 15 is 0 Å². The Morgan fingerprint density at radius 2 is 1.65 bits per heavy atom. The standard InChI is InChI=1S/C24H27ClN4O4S/c1-5-28(6-2)24(31)21(26-23(30)19-12-7-9-13-20(19)25)15-17-16-29(34(32,33)27(3)4)22-14-10-8-11-18(17)22/h7-16H,5-6H2,1-4H3,(H,26,30)/b21-15-. The Kier molecular flexibility index (Phi) is 7.81. The second-order valence-electron chi connectivity index (χ2n) is 7.66. The maximum absolute atomic E-state index is 13.3. The van der Waals surface area contributed by atoms with Crippen molar-refractivity contribution in [1.82, 2.24) is 18.5 Å². The van der Waals surface area contributed by atoms with E-state index in [0.717, 1.165) is 8.28 Å². The Labute approximate surface area is 204 Å². The molecule has 0 bridgehead atoms. The van der Waals surface area contributed by atoms with Gasteiger partial charge < -0.3 is 10.2 Å². The van der Waals surface area contributed by atoms with E-state index in [0.29, 0.717) is 29.6 Å². The number of fused-ring (bicyclic) bond motifs is 1. The van der Waals surface area contributed by atoms with Gasteiger partial charge in [0.25, 0.3) is 11.8 Å². The lowest BCUT2D eigenvalue weighted by Gasteiger charge is -2.21. The zero-order chi connectivity index (χ0) is 25.0. The van der Waals surface area contributed by atoms with E-state index in [-0.39, 0.29) is 16.3 Å². The highest BCUT2D eigenvalue weighted by atomic mass is 35.5. The minimum atomic E-state index is -3.82. The van der Waals surface area contributed by atoms with Crippen LogP contribution < -0.4 is 5.32 Å². The van der Waals surface area contributed by atoms with Crippen molar-refractivity contribution in [3.63, 3.8) is 0 Å². The van der Waals surface area contributed by atoms with Crippen LogP contribution in [0.5, 0.6) is 0 Å². The van der Waals surface area contributed by atoms with Crippen LogP contribution in [-0.4, -0.2) is 60.6 Å². The number of carbonyl (C=O) groups excluding carboxylic acids is 2. The molecule has 0 aliphatic carbocycles. The zero-order valence-corrected chi connectivity index (χ0v) is 21.0. The normalized spacial score (nSPS) is 12.2. The van der Waals surface area contributed by atoms with Crippen molar-refractivity contribution >= 4 is 50.6 Å². The van der Waals surface area contributed by atoms with Crippen LogP contribution in [0.2, 0.25) is 5.02 Å². The fraction of sp³-hybridized carbons (Fsp3) is 0.250. The first-order valence-electron chi connectivity index (χ1n) is 10.7. The summed E-state index contributed by atoms with van der Waals surface area (Å²) in [6.07, 6.45) is 2.94. The fourth-order valence-corrected chi connectivity index (χ4v) is 4.71. The van der Waals surface area contributed by atoms with Gasteiger partial charge in [0.15, 0.2) is 0 Å². The molecule has 3 rings (SSSR count). The van der Waals surface area contributed by atoms with E-state index in [2.05, 4.69) is 5.32 Å². The SMILES string of the molecule is CCN(CC)C(=O)/C(=C/c1cn(S(=O)(=O)N(C)C)c2ccccc12)NC(=O)c1ccccc1Cl. The van der Waals surface area contributed by atoms with Gasteiger partial charge in [-0.15, -0.1) is 0 Å². The molecule has 180 valence electrons. The van der Waals surface area contributed by atoms with Gasteiger partial charge in [-0.05, 0) is 38.1 Å². The molecule has 0 saturated carbocycles. The number of hydrogen-bond acceptors (Lipinski definition) is 4. The Morgan fingerprint density at radius 3 is 2.26 bits per heavy atom. The predicted molar refractivity (Wildman–Crippen MR) is 135 cm³/mol. The number of amides is 2. The minimum absolute atomic E-state index is 0.0128. The summed E-state index contributed by atoms with van der Waals surface area (Å²) in [6.45, 7) is 4.55. The number of benzene rings is 2. The average molecular weight is 503 g/mol. The van der Waals surface area contributed by atoms with Crippen molar-refractivity contribution in [1.29, 1.82) is 0 Å². The summed E-state index contributed by atoms with van der Waals surface area (Å²) >= 11 is 6.17. The van der Waals surface area contributed by atoms with Crippen molar-refractivity contribution in [3.8, 4) is 0 Å². The minimum Gasteiger partial charge on any atom is -0.338 e. The van der Waals surface area contributed by atoms with Gasteiger partial charge in [0, 0.05) is 44.3 Å². The lowest BCUT2D eigenvalue weighted by molar-refractivity contribution is -0.127. The number of halogens is 1. The van der Waals surface area contributed by atoms with Gasteiger partial charge in [-0.2, -0.15) is 12.7 Å². The van der Waals surface area contributed by atoms with E-state index in [1.54, 1.807) is 53.4 Å². The Hall–Kier alpha value is -3.14. The molecule has 1 heterocycles. The van der Waals surface area contributed by atoms with Crippen LogP contribution in [0.3, 0.4) is 0 Å². The van der Waals surface area contributed by atoms with Crippen LogP contribution in [0.1, 0.15) is 29.8 Å². The number of nitrogens with one attached hydrogen (secondary N) is 1. The van der Waals surface area contributed by atoms with Crippen molar-refractivity contribution in [2.24, 2.45) is 0 Å². The third-order valence-electron chi connectivity index (χ3n) is 5.37. The highest BCUT2D eigenvalue weighted by molar-refractivity contribution is 7.87. The smallest absolute Gasteiger partial charge is 0.307 e. The number of rotatable bonds is 8. The highest BCUT2D eigenvalue weighted by Gasteiger charge is 2.23. The van der Waals surface area contributed by atoms with Gasteiger partial charge in [0.2, 0.25) is 0 Å².